The molecule has 416 valence electrons. The van der Waals surface area contributed by atoms with Gasteiger partial charge in [0.2, 0.25) is 5.91 Å². The van der Waals surface area contributed by atoms with Crippen LogP contribution in [-0.4, -0.2) is 162 Å². The van der Waals surface area contributed by atoms with E-state index in [0.717, 1.165) is 95.2 Å². The number of rotatable bonds is 12. The van der Waals surface area contributed by atoms with Crippen LogP contribution in [0.3, 0.4) is 0 Å². The lowest BCUT2D eigenvalue weighted by molar-refractivity contribution is -0.156. The quantitative estimate of drug-likeness (QED) is 0.125. The fourth-order valence-electron chi connectivity index (χ4n) is 13.5. The smallest absolute Gasteiger partial charge is 0.325 e. The molecule has 4 aromatic rings. The number of cyclic esters (lactones) is 1. The van der Waals surface area contributed by atoms with Crippen LogP contribution in [-0.2, 0) is 52.8 Å². The standard InChI is InChI=1S/C62H80N8O8/c1-9-69-52-18-15-40-29-48(52)50(56(69)49-31-44(33-63-53(49)37(4)76-8)68-22-20-67(21-23-68)43-16-17-43)32-62(5,6)35-78-61(75)54-47-30-42(47)34-70(65-54)59(73)51(27-38-25-41(40)28-45(71)26-38)64-58(72)55(36(2)3)66(7)60(74)57-46(19-24-77-57)39-13-11-10-12-14-39/h10-15,18,25-26,28-29,33,36-37,42-44,46-47,51,54-55,57,65,71H,9,16-17,19-24,27,30-32,34-35H2,1-8H3,(H,64,72)/t37-,42?,44?,46+,47-,51?,54-,55-,57+/m0/s1. The van der Waals surface area contributed by atoms with E-state index in [0.29, 0.717) is 38.1 Å². The summed E-state index contributed by atoms with van der Waals surface area (Å²) in [6.45, 7) is 18.0. The van der Waals surface area contributed by atoms with Crippen molar-refractivity contribution in [3.05, 3.63) is 94.8 Å². The number of likely N-dealkylation sites (N-methyl/N-ethyl adjacent to an activating group) is 1. The van der Waals surface area contributed by atoms with Gasteiger partial charge in [-0.2, -0.15) is 0 Å². The lowest BCUT2D eigenvalue weighted by atomic mass is 9.83. The number of hydrogen-bond donors (Lipinski definition) is 3. The molecule has 11 rings (SSSR count). The first-order chi connectivity index (χ1) is 37.5. The van der Waals surface area contributed by atoms with Crippen LogP contribution in [0, 0.1) is 23.2 Å². The topological polar surface area (TPSA) is 171 Å². The van der Waals surface area contributed by atoms with Crippen molar-refractivity contribution in [2.24, 2.45) is 28.2 Å². The van der Waals surface area contributed by atoms with E-state index in [1.165, 1.54) is 22.8 Å². The fraction of sp³-hybridized carbons (Fsp3) is 0.565. The zero-order valence-electron chi connectivity index (χ0n) is 46.9. The number of amides is 3. The molecule has 6 heterocycles. The van der Waals surface area contributed by atoms with Crippen molar-refractivity contribution in [2.45, 2.75) is 141 Å². The molecule has 3 amide bonds. The molecular weight excluding hydrogens is 985 g/mol. The molecule has 1 aromatic heterocycles. The number of fused-ring (bicyclic) bond motifs is 8. The summed E-state index contributed by atoms with van der Waals surface area (Å²) in [7, 11) is 3.37. The Morgan fingerprint density at radius 2 is 1.72 bits per heavy atom. The molecular formula is C62H80N8O8. The summed E-state index contributed by atoms with van der Waals surface area (Å²) in [5.41, 5.74) is 11.4. The maximum absolute atomic E-state index is 15.1. The molecule has 5 aliphatic heterocycles. The number of methoxy groups -OCH3 is 1. The molecule has 3 N–H and O–H groups in total. The molecule has 3 aromatic carbocycles. The van der Waals surface area contributed by atoms with Gasteiger partial charge in [0, 0.05) is 113 Å². The lowest BCUT2D eigenvalue weighted by Crippen LogP contribution is -2.63. The average molecular weight is 1070 g/mol. The third kappa shape index (κ3) is 10.8. The van der Waals surface area contributed by atoms with Gasteiger partial charge in [0.25, 0.3) is 11.8 Å². The molecule has 16 nitrogen and oxygen atoms in total. The second-order valence-electron chi connectivity index (χ2n) is 24.5. The number of benzene rings is 3. The minimum absolute atomic E-state index is 0.00315. The van der Waals surface area contributed by atoms with Crippen LogP contribution in [0.4, 0.5) is 0 Å². The Labute approximate surface area is 459 Å². The highest BCUT2D eigenvalue weighted by atomic mass is 16.5. The number of aromatic nitrogens is 1. The predicted molar refractivity (Wildman–Crippen MR) is 300 cm³/mol. The number of hydrazine groups is 1. The summed E-state index contributed by atoms with van der Waals surface area (Å²) in [5, 5.41) is 17.2. The van der Waals surface area contributed by atoms with E-state index in [1.54, 1.807) is 26.3 Å². The highest BCUT2D eigenvalue weighted by Crippen LogP contribution is 2.46. The molecule has 7 aliphatic rings. The molecule has 6 bridgehead atoms. The zero-order valence-corrected chi connectivity index (χ0v) is 46.9. The molecule has 0 radical (unpaired) electrons. The highest BCUT2D eigenvalue weighted by Gasteiger charge is 2.53. The maximum Gasteiger partial charge on any atom is 0.325 e. The predicted octanol–water partition coefficient (Wildman–Crippen LogP) is 6.96. The number of aliphatic imine (C=N–C) groups is 1. The number of aromatic hydroxyl groups is 1. The fourth-order valence-corrected chi connectivity index (χ4v) is 13.5. The van der Waals surface area contributed by atoms with Gasteiger partial charge in [-0.1, -0.05) is 70.2 Å². The van der Waals surface area contributed by atoms with Crippen LogP contribution in [0.25, 0.3) is 27.6 Å². The Bertz CT molecular complexity index is 2990. The number of hydrogen-bond acceptors (Lipinski definition) is 12. The normalized spacial score (nSPS) is 27.6. The minimum Gasteiger partial charge on any atom is -0.508 e. The van der Waals surface area contributed by atoms with Crippen LogP contribution in [0.1, 0.15) is 102 Å². The molecule has 0 spiro atoms. The molecule has 9 atom stereocenters. The monoisotopic (exact) mass is 1060 g/mol. The SMILES string of the molecule is CCn1c(C2=C([C@H](C)OC)N=CC(N3CCN(C4CC4)CC3)C2)c2c3cc(ccc31)-c1cc(O)cc(c1)CC(NC(=O)[C@H](C(C)C)N(C)C(=O)[C@@H]1OCC[C@@H]1c1ccccc1)C(=O)N1CC3C[C@@H]3[C@H](N1)C(=O)OCC(C)(C)C2. The number of nitrogens with one attached hydrogen (secondary N) is 2. The number of piperazine rings is 1. The van der Waals surface area contributed by atoms with Crippen LogP contribution in [0.5, 0.6) is 5.75 Å². The van der Waals surface area contributed by atoms with Gasteiger partial charge in [-0.3, -0.25) is 39.0 Å². The Morgan fingerprint density at radius 3 is 2.44 bits per heavy atom. The molecule has 78 heavy (non-hydrogen) atoms. The number of phenols is 1. The van der Waals surface area contributed by atoms with Gasteiger partial charge >= 0.3 is 5.97 Å². The maximum atomic E-state index is 15.1. The number of carbonyl (C=O) groups is 4. The van der Waals surface area contributed by atoms with Crippen molar-refractivity contribution in [3.63, 3.8) is 0 Å². The number of phenolic OH excluding ortho intramolecular Hbond substituents is 1. The first-order valence-corrected chi connectivity index (χ1v) is 28.7. The highest BCUT2D eigenvalue weighted by molar-refractivity contribution is 5.96. The summed E-state index contributed by atoms with van der Waals surface area (Å²) < 4.78 is 20.9. The lowest BCUT2D eigenvalue weighted by Gasteiger charge is -2.40. The largest absolute Gasteiger partial charge is 0.508 e. The van der Waals surface area contributed by atoms with E-state index in [9.17, 15) is 19.5 Å². The van der Waals surface area contributed by atoms with Crippen LogP contribution >= 0.6 is 0 Å². The number of carbonyl (C=O) groups excluding carboxylic acids is 4. The number of nitrogens with zero attached hydrogens (tertiary/aromatic N) is 6. The Hall–Kier alpha value is -5.91. The molecule has 3 saturated heterocycles. The molecule has 2 aliphatic carbocycles. The average Bonchev–Trinajstić information content (AvgIpc) is 4.56. The van der Waals surface area contributed by atoms with E-state index in [2.05, 4.69) is 77.2 Å². The molecule has 2 saturated carbocycles. The molecule has 16 heteroatoms. The number of ether oxygens (including phenoxy) is 3. The van der Waals surface area contributed by atoms with Crippen molar-refractivity contribution < 1.29 is 38.5 Å². The Morgan fingerprint density at radius 1 is 0.962 bits per heavy atom. The molecule has 5 fully saturated rings. The second kappa shape index (κ2) is 22.0. The van der Waals surface area contributed by atoms with E-state index in [1.807, 2.05) is 50.2 Å². The van der Waals surface area contributed by atoms with E-state index < -0.39 is 47.4 Å². The van der Waals surface area contributed by atoms with Crippen molar-refractivity contribution in [1.29, 1.82) is 0 Å². The van der Waals surface area contributed by atoms with Gasteiger partial charge in [0.1, 0.15) is 30.0 Å². The Balaban J connectivity index is 0.967. The van der Waals surface area contributed by atoms with Crippen LogP contribution < -0.4 is 10.7 Å². The molecule has 3 unspecified atom stereocenters. The zero-order chi connectivity index (χ0) is 54.7. The number of esters is 1. The van der Waals surface area contributed by atoms with Crippen molar-refractivity contribution in [1.82, 2.24) is 35.0 Å². The van der Waals surface area contributed by atoms with Crippen LogP contribution in [0.15, 0.2) is 77.4 Å². The van der Waals surface area contributed by atoms with Crippen molar-refractivity contribution >= 4 is 46.4 Å². The third-order valence-electron chi connectivity index (χ3n) is 18.0. The summed E-state index contributed by atoms with van der Waals surface area (Å²) in [4.78, 5) is 70.9. The number of aryl methyl sites for hydroxylation is 1. The van der Waals surface area contributed by atoms with E-state index in [4.69, 9.17) is 19.2 Å². The summed E-state index contributed by atoms with van der Waals surface area (Å²) in [6.07, 6.45) is 6.51. The van der Waals surface area contributed by atoms with Crippen molar-refractivity contribution in [2.75, 3.05) is 60.1 Å². The Kier molecular flexibility index (Phi) is 15.2. The summed E-state index contributed by atoms with van der Waals surface area (Å²) >= 11 is 0. The van der Waals surface area contributed by atoms with Crippen LogP contribution in [0.2, 0.25) is 0 Å². The van der Waals surface area contributed by atoms with Gasteiger partial charge in [0.15, 0.2) is 0 Å². The first kappa shape index (κ1) is 54.1. The van der Waals surface area contributed by atoms with Gasteiger partial charge in [-0.15, -0.1) is 0 Å². The third-order valence-corrected chi connectivity index (χ3v) is 18.0. The van der Waals surface area contributed by atoms with Crippen molar-refractivity contribution in [3.8, 4) is 16.9 Å². The van der Waals surface area contributed by atoms with Gasteiger partial charge < -0.3 is 34.1 Å². The second-order valence-corrected chi connectivity index (χ2v) is 24.5. The minimum atomic E-state index is -1.15. The van der Waals surface area contributed by atoms with E-state index >= 15 is 4.79 Å². The van der Waals surface area contributed by atoms with Gasteiger partial charge in [-0.05, 0) is 122 Å². The first-order valence-electron chi connectivity index (χ1n) is 28.7. The summed E-state index contributed by atoms with van der Waals surface area (Å²) in [5.74, 6) is -2.06. The van der Waals surface area contributed by atoms with E-state index in [-0.39, 0.29) is 60.5 Å². The summed E-state index contributed by atoms with van der Waals surface area (Å²) in [6, 6.07) is 19.7. The van der Waals surface area contributed by atoms with Gasteiger partial charge in [0.05, 0.1) is 24.1 Å². The van der Waals surface area contributed by atoms with Gasteiger partial charge in [-0.25, -0.2) is 5.43 Å².